The lowest BCUT2D eigenvalue weighted by atomic mass is 9.93. The molecule has 0 bridgehead atoms. The fraction of sp³-hybridized carbons (Fsp3) is 0.0444. The van der Waals surface area contributed by atoms with Crippen LogP contribution in [0.25, 0.3) is 72.7 Å². The minimum Gasteiger partial charge on any atom is -0.460 e. The number of hydrogen-bond acceptors (Lipinski definition) is 4. The zero-order chi connectivity index (χ0) is 32.6. The molecule has 0 spiro atoms. The van der Waals surface area contributed by atoms with Gasteiger partial charge in [-0.05, 0) is 51.9 Å². The molecule has 4 nitrogen and oxygen atoms in total. The average Bonchev–Trinajstić information content (AvgIpc) is 3.57. The number of aryl methyl sites for hydroxylation is 1. The first-order valence-corrected chi connectivity index (χ1v) is 16.7. The molecule has 0 amide bonds. The summed E-state index contributed by atoms with van der Waals surface area (Å²) in [6, 6.07) is 54.7. The van der Waals surface area contributed by atoms with Crippen molar-refractivity contribution in [3.8, 4) is 56.2 Å². The fourth-order valence-electron chi connectivity index (χ4n) is 6.72. The Morgan fingerprint density at radius 3 is 1.41 bits per heavy atom. The van der Waals surface area contributed by atoms with Gasteiger partial charge in [0.15, 0.2) is 17.5 Å². The lowest BCUT2D eigenvalue weighted by Gasteiger charge is -2.14. The average molecular weight is 630 g/mol. The summed E-state index contributed by atoms with van der Waals surface area (Å²) in [5.74, 6) is 2.92. The fourth-order valence-corrected chi connectivity index (χ4v) is 6.72. The van der Waals surface area contributed by atoms with Gasteiger partial charge in [0.25, 0.3) is 0 Å². The Hall–Kier alpha value is -6.39. The first-order valence-electron chi connectivity index (χ1n) is 16.7. The number of benzene rings is 6. The van der Waals surface area contributed by atoms with Crippen molar-refractivity contribution in [1.29, 1.82) is 0 Å². The number of fused-ring (bicyclic) bond motifs is 3. The first kappa shape index (κ1) is 28.8. The van der Waals surface area contributed by atoms with Crippen molar-refractivity contribution >= 4 is 16.5 Å². The van der Waals surface area contributed by atoms with Crippen LogP contribution in [0.2, 0.25) is 0 Å². The highest BCUT2D eigenvalue weighted by atomic mass is 16.3. The third-order valence-electron chi connectivity index (χ3n) is 9.24. The third-order valence-corrected chi connectivity index (χ3v) is 9.24. The maximum atomic E-state index is 6.51. The number of allylic oxidation sites excluding steroid dienone is 1. The predicted octanol–water partition coefficient (Wildman–Crippen LogP) is 11.3. The van der Waals surface area contributed by atoms with Crippen LogP contribution in [0.5, 0.6) is 0 Å². The van der Waals surface area contributed by atoms with E-state index in [0.717, 1.165) is 68.5 Å². The van der Waals surface area contributed by atoms with Gasteiger partial charge in [-0.25, -0.2) is 15.0 Å². The molecule has 0 saturated carbocycles. The van der Waals surface area contributed by atoms with Gasteiger partial charge in [-0.3, -0.25) is 0 Å². The molecule has 0 fully saturated rings. The first-order chi connectivity index (χ1) is 24.3. The molecular formula is C45H31N3O. The van der Waals surface area contributed by atoms with Crippen LogP contribution in [0.1, 0.15) is 23.6 Å². The molecule has 2 aromatic heterocycles. The summed E-state index contributed by atoms with van der Waals surface area (Å²) in [6.07, 6.45) is 3.94. The maximum absolute atomic E-state index is 6.51. The van der Waals surface area contributed by atoms with Crippen molar-refractivity contribution in [3.63, 3.8) is 0 Å². The zero-order valence-corrected chi connectivity index (χ0v) is 26.8. The molecule has 0 atom stereocenters. The van der Waals surface area contributed by atoms with Crippen LogP contribution in [0.15, 0.2) is 168 Å². The summed E-state index contributed by atoms with van der Waals surface area (Å²) >= 11 is 0. The molecule has 0 saturated heterocycles. The van der Waals surface area contributed by atoms with Crippen LogP contribution >= 0.6 is 0 Å². The molecule has 4 heteroatoms. The van der Waals surface area contributed by atoms with Crippen LogP contribution in [-0.2, 0) is 6.42 Å². The molecule has 8 aromatic rings. The number of furan rings is 1. The summed E-state index contributed by atoms with van der Waals surface area (Å²) < 4.78 is 6.51. The normalized spacial score (nSPS) is 12.4. The molecule has 49 heavy (non-hydrogen) atoms. The summed E-state index contributed by atoms with van der Waals surface area (Å²) in [5.41, 5.74) is 11.8. The Morgan fingerprint density at radius 1 is 0.408 bits per heavy atom. The van der Waals surface area contributed by atoms with Gasteiger partial charge in [-0.1, -0.05) is 152 Å². The van der Waals surface area contributed by atoms with E-state index in [4.69, 9.17) is 19.4 Å². The Morgan fingerprint density at radius 2 is 0.837 bits per heavy atom. The smallest absolute Gasteiger partial charge is 0.164 e. The molecule has 232 valence electrons. The highest BCUT2D eigenvalue weighted by Crippen LogP contribution is 2.40. The Balaban J connectivity index is 1.10. The summed E-state index contributed by atoms with van der Waals surface area (Å²) in [4.78, 5) is 15.2. The van der Waals surface area contributed by atoms with E-state index in [2.05, 4.69) is 121 Å². The van der Waals surface area contributed by atoms with Gasteiger partial charge in [0, 0.05) is 34.1 Å². The largest absolute Gasteiger partial charge is 0.460 e. The number of nitrogens with zero attached hydrogens (tertiary/aromatic N) is 3. The minimum absolute atomic E-state index is 0.641. The maximum Gasteiger partial charge on any atom is 0.164 e. The molecule has 6 aromatic carbocycles. The SMILES string of the molecule is C1=C(c2nc(-c3ccccc3)nc(-c3ccc(-c4ccc(-c5ccccc5)cc4)cc3)n2)c2c(oc3cc(-c4ccccc4)ccc23)CC1. The standard InChI is InChI=1S/C45H31N3O/c1-4-11-30(12-5-1)32-19-21-33(22-20-32)34-23-25-36(26-24-34)44-46-43(35-15-8-3-9-16-35)47-45(48-44)39-17-10-18-40-42(39)38-28-27-37(29-41(38)49-40)31-13-6-2-7-14-31/h1-9,11-17,19-29H,10,18H2. The van der Waals surface area contributed by atoms with E-state index >= 15 is 0 Å². The van der Waals surface area contributed by atoms with Crippen molar-refractivity contribution in [2.45, 2.75) is 12.8 Å². The van der Waals surface area contributed by atoms with Gasteiger partial charge >= 0.3 is 0 Å². The third kappa shape index (κ3) is 5.53. The number of rotatable bonds is 6. The molecule has 1 aliphatic carbocycles. The predicted molar refractivity (Wildman–Crippen MR) is 199 cm³/mol. The second-order valence-corrected chi connectivity index (χ2v) is 12.3. The van der Waals surface area contributed by atoms with Crippen molar-refractivity contribution in [1.82, 2.24) is 15.0 Å². The molecular weight excluding hydrogens is 599 g/mol. The van der Waals surface area contributed by atoms with Gasteiger partial charge in [0.1, 0.15) is 11.3 Å². The molecule has 0 unspecified atom stereocenters. The molecule has 0 radical (unpaired) electrons. The van der Waals surface area contributed by atoms with E-state index in [1.807, 2.05) is 42.5 Å². The summed E-state index contributed by atoms with van der Waals surface area (Å²) in [5, 5.41) is 1.08. The van der Waals surface area contributed by atoms with Gasteiger partial charge in [-0.15, -0.1) is 0 Å². The van der Waals surface area contributed by atoms with Gasteiger partial charge < -0.3 is 4.42 Å². The number of aromatic nitrogens is 3. The Bertz CT molecular complexity index is 2450. The van der Waals surface area contributed by atoms with Crippen molar-refractivity contribution in [3.05, 3.63) is 181 Å². The second kappa shape index (κ2) is 12.3. The van der Waals surface area contributed by atoms with Gasteiger partial charge in [-0.2, -0.15) is 0 Å². The van der Waals surface area contributed by atoms with E-state index in [9.17, 15) is 0 Å². The molecule has 0 aliphatic heterocycles. The van der Waals surface area contributed by atoms with E-state index in [-0.39, 0.29) is 0 Å². The lowest BCUT2D eigenvalue weighted by Crippen LogP contribution is -2.06. The zero-order valence-electron chi connectivity index (χ0n) is 26.8. The Kier molecular flexibility index (Phi) is 7.25. The highest BCUT2D eigenvalue weighted by molar-refractivity contribution is 5.98. The quantitative estimate of drug-likeness (QED) is 0.184. The van der Waals surface area contributed by atoms with Crippen LogP contribution in [0, 0.1) is 0 Å². The number of hydrogen-bond donors (Lipinski definition) is 0. The highest BCUT2D eigenvalue weighted by Gasteiger charge is 2.25. The molecule has 0 N–H and O–H groups in total. The Labute approximate surface area is 285 Å². The topological polar surface area (TPSA) is 51.8 Å². The van der Waals surface area contributed by atoms with Crippen molar-refractivity contribution in [2.24, 2.45) is 0 Å². The summed E-state index contributed by atoms with van der Waals surface area (Å²) in [7, 11) is 0. The second-order valence-electron chi connectivity index (χ2n) is 12.3. The lowest BCUT2D eigenvalue weighted by molar-refractivity contribution is 0.545. The van der Waals surface area contributed by atoms with E-state index < -0.39 is 0 Å². The summed E-state index contributed by atoms with van der Waals surface area (Å²) in [6.45, 7) is 0. The van der Waals surface area contributed by atoms with E-state index in [1.54, 1.807) is 0 Å². The minimum atomic E-state index is 0.641. The van der Waals surface area contributed by atoms with Crippen molar-refractivity contribution < 1.29 is 4.42 Å². The van der Waals surface area contributed by atoms with Crippen molar-refractivity contribution in [2.75, 3.05) is 0 Å². The molecule has 2 heterocycles. The van der Waals surface area contributed by atoms with Crippen LogP contribution in [0.4, 0.5) is 0 Å². The monoisotopic (exact) mass is 629 g/mol. The van der Waals surface area contributed by atoms with E-state index in [0.29, 0.717) is 17.5 Å². The van der Waals surface area contributed by atoms with Crippen LogP contribution in [-0.4, -0.2) is 15.0 Å². The van der Waals surface area contributed by atoms with Gasteiger partial charge in [0.05, 0.1) is 0 Å². The molecule has 1 aliphatic rings. The van der Waals surface area contributed by atoms with Gasteiger partial charge in [0.2, 0.25) is 0 Å². The molecule has 9 rings (SSSR count). The van der Waals surface area contributed by atoms with E-state index in [1.165, 1.54) is 16.7 Å². The van der Waals surface area contributed by atoms with Crippen LogP contribution < -0.4 is 0 Å². The van der Waals surface area contributed by atoms with Crippen LogP contribution in [0.3, 0.4) is 0 Å².